The van der Waals surface area contributed by atoms with Crippen LogP contribution in [0.2, 0.25) is 0 Å². The van der Waals surface area contributed by atoms with Crippen molar-refractivity contribution in [3.8, 4) is 0 Å². The Morgan fingerprint density at radius 1 is 1.05 bits per heavy atom. The number of nitrogens with zero attached hydrogens (tertiary/aromatic N) is 2. The van der Waals surface area contributed by atoms with Gasteiger partial charge in [-0.15, -0.1) is 0 Å². The van der Waals surface area contributed by atoms with Crippen LogP contribution in [0.25, 0.3) is 0 Å². The summed E-state index contributed by atoms with van der Waals surface area (Å²) in [7, 11) is -3.92. The third-order valence-electron chi connectivity index (χ3n) is 5.79. The highest BCUT2D eigenvalue weighted by molar-refractivity contribution is 7.92. The molecule has 0 heterocycles. The molecule has 0 aliphatic rings. The first kappa shape index (κ1) is 30.1. The monoisotopic (exact) mass is 541 g/mol. The molecule has 7 nitrogen and oxygen atoms in total. The van der Waals surface area contributed by atoms with Crippen LogP contribution in [0.4, 0.5) is 18.9 Å². The smallest absolute Gasteiger partial charge is 0.355 e. The van der Waals surface area contributed by atoms with Crippen molar-refractivity contribution in [2.75, 3.05) is 23.7 Å². The number of hydrogen-bond donors (Lipinski definition) is 1. The Morgan fingerprint density at radius 3 is 2.30 bits per heavy atom. The lowest BCUT2D eigenvalue weighted by atomic mass is 10.1. The summed E-state index contributed by atoms with van der Waals surface area (Å²) in [6.45, 7) is 5.91. The fraction of sp³-hybridized carbons (Fsp3) is 0.462. The van der Waals surface area contributed by atoms with Gasteiger partial charge in [0.05, 0.1) is 17.5 Å². The molecular formula is C26H34F3N3O4S. The van der Waals surface area contributed by atoms with Crippen molar-refractivity contribution in [3.63, 3.8) is 0 Å². The summed E-state index contributed by atoms with van der Waals surface area (Å²) in [6.07, 6.45) is -3.38. The van der Waals surface area contributed by atoms with E-state index in [4.69, 9.17) is 0 Å². The average molecular weight is 542 g/mol. The van der Waals surface area contributed by atoms with Crippen molar-refractivity contribution in [1.29, 1.82) is 0 Å². The van der Waals surface area contributed by atoms with Crippen molar-refractivity contribution < 1.29 is 31.2 Å². The molecule has 204 valence electrons. The highest BCUT2D eigenvalue weighted by Gasteiger charge is 2.32. The molecule has 2 rings (SSSR count). The predicted octanol–water partition coefficient (Wildman–Crippen LogP) is 4.50. The molecule has 0 saturated heterocycles. The molecule has 0 saturated carbocycles. The van der Waals surface area contributed by atoms with Gasteiger partial charge in [-0.3, -0.25) is 13.9 Å². The summed E-state index contributed by atoms with van der Waals surface area (Å²) in [5.74, 6) is -0.634. The van der Waals surface area contributed by atoms with Gasteiger partial charge in [0.2, 0.25) is 21.8 Å². The van der Waals surface area contributed by atoms with Gasteiger partial charge in [0.15, 0.2) is 0 Å². The standard InChI is InChI=1S/C26H34F3N3O4S/c1-5-23(25(34)30-6-2)31(18-20-11-7-10-19(3)16-20)24(33)14-9-15-32(37(4,35)36)22-13-8-12-21(17-22)26(27,28)29/h7-8,10-13,16-17,23H,5-6,9,14-15,18H2,1-4H3,(H,30,34)/t23-/m0/s1. The normalized spacial score (nSPS) is 12.6. The van der Waals surface area contributed by atoms with Crippen LogP contribution in [-0.4, -0.2) is 50.5 Å². The molecule has 2 aromatic carbocycles. The molecular weight excluding hydrogens is 507 g/mol. The fourth-order valence-corrected chi connectivity index (χ4v) is 5.02. The largest absolute Gasteiger partial charge is 0.416 e. The number of halogens is 3. The van der Waals surface area contributed by atoms with Crippen molar-refractivity contribution >= 4 is 27.5 Å². The first-order valence-corrected chi connectivity index (χ1v) is 13.9. The maximum atomic E-state index is 13.3. The van der Waals surface area contributed by atoms with Crippen LogP contribution in [0.3, 0.4) is 0 Å². The van der Waals surface area contributed by atoms with Crippen molar-refractivity contribution in [1.82, 2.24) is 10.2 Å². The molecule has 37 heavy (non-hydrogen) atoms. The minimum atomic E-state index is -4.63. The molecule has 0 fully saturated rings. The van der Waals surface area contributed by atoms with E-state index in [-0.39, 0.29) is 43.4 Å². The Bertz CT molecular complexity index is 1190. The molecule has 2 amide bonds. The number of carbonyl (C=O) groups excluding carboxylic acids is 2. The Morgan fingerprint density at radius 2 is 1.73 bits per heavy atom. The number of nitrogens with one attached hydrogen (secondary N) is 1. The summed E-state index contributed by atoms with van der Waals surface area (Å²) in [4.78, 5) is 27.5. The Labute approximate surface area is 216 Å². The summed E-state index contributed by atoms with van der Waals surface area (Å²) < 4.78 is 65.1. The second-order valence-electron chi connectivity index (χ2n) is 8.82. The highest BCUT2D eigenvalue weighted by atomic mass is 32.2. The van der Waals surface area contributed by atoms with Gasteiger partial charge in [-0.25, -0.2) is 8.42 Å². The van der Waals surface area contributed by atoms with Crippen LogP contribution in [-0.2, 0) is 32.3 Å². The van der Waals surface area contributed by atoms with Crippen molar-refractivity contribution in [2.24, 2.45) is 0 Å². The van der Waals surface area contributed by atoms with Gasteiger partial charge < -0.3 is 10.2 Å². The van der Waals surface area contributed by atoms with Crippen LogP contribution in [0, 0.1) is 6.92 Å². The van der Waals surface area contributed by atoms with Crippen LogP contribution >= 0.6 is 0 Å². The van der Waals surface area contributed by atoms with Gasteiger partial charge in [0.25, 0.3) is 0 Å². The topological polar surface area (TPSA) is 86.8 Å². The Hall–Kier alpha value is -3.08. The maximum absolute atomic E-state index is 13.3. The van der Waals surface area contributed by atoms with Crippen molar-refractivity contribution in [3.05, 3.63) is 65.2 Å². The SMILES string of the molecule is CCNC(=O)[C@H](CC)N(Cc1cccc(C)c1)C(=O)CCCN(c1cccc(C(F)(F)F)c1)S(C)(=O)=O. The number of sulfonamides is 1. The van der Waals surface area contributed by atoms with E-state index in [9.17, 15) is 31.2 Å². The van der Waals surface area contributed by atoms with E-state index in [1.165, 1.54) is 11.0 Å². The number of alkyl halides is 3. The third-order valence-corrected chi connectivity index (χ3v) is 6.98. The zero-order valence-electron chi connectivity index (χ0n) is 21.5. The Kier molecular flexibility index (Phi) is 10.5. The van der Waals surface area contributed by atoms with E-state index in [1.54, 1.807) is 13.8 Å². The molecule has 0 spiro atoms. The first-order chi connectivity index (χ1) is 17.3. The zero-order chi connectivity index (χ0) is 27.8. The van der Waals surface area contributed by atoms with Crippen molar-refractivity contribution in [2.45, 2.75) is 58.8 Å². The van der Waals surface area contributed by atoms with Gasteiger partial charge in [-0.2, -0.15) is 13.2 Å². The molecule has 0 radical (unpaired) electrons. The minimum Gasteiger partial charge on any atom is -0.355 e. The number of benzene rings is 2. The summed E-state index contributed by atoms with van der Waals surface area (Å²) in [6, 6.07) is 10.9. The lowest BCUT2D eigenvalue weighted by molar-refractivity contribution is -0.141. The van der Waals surface area contributed by atoms with Crippen LogP contribution < -0.4 is 9.62 Å². The molecule has 11 heteroatoms. The number of rotatable bonds is 12. The summed E-state index contributed by atoms with van der Waals surface area (Å²) in [5.41, 5.74) is 0.751. The van der Waals surface area contributed by atoms with Gasteiger partial charge in [-0.05, 0) is 50.5 Å². The molecule has 0 unspecified atom stereocenters. The molecule has 0 aromatic heterocycles. The first-order valence-electron chi connectivity index (χ1n) is 12.1. The molecule has 0 aliphatic heterocycles. The molecule has 1 N–H and O–H groups in total. The number of aryl methyl sites for hydroxylation is 1. The second-order valence-corrected chi connectivity index (χ2v) is 10.7. The van der Waals surface area contributed by atoms with E-state index in [1.807, 2.05) is 31.2 Å². The van der Waals surface area contributed by atoms with E-state index in [0.29, 0.717) is 13.0 Å². The van der Waals surface area contributed by atoms with E-state index in [2.05, 4.69) is 5.32 Å². The number of amides is 2. The maximum Gasteiger partial charge on any atom is 0.416 e. The van der Waals surface area contributed by atoms with Crippen LogP contribution in [0.15, 0.2) is 48.5 Å². The lowest BCUT2D eigenvalue weighted by Gasteiger charge is -2.31. The van der Waals surface area contributed by atoms with E-state index >= 15 is 0 Å². The van der Waals surface area contributed by atoms with Crippen LogP contribution in [0.5, 0.6) is 0 Å². The number of carbonyl (C=O) groups is 2. The highest BCUT2D eigenvalue weighted by Crippen LogP contribution is 2.32. The quantitative estimate of drug-likeness (QED) is 0.429. The summed E-state index contributed by atoms with van der Waals surface area (Å²) in [5, 5.41) is 2.75. The molecule has 2 aromatic rings. The van der Waals surface area contributed by atoms with Crippen LogP contribution in [0.1, 0.15) is 49.8 Å². The van der Waals surface area contributed by atoms with Gasteiger partial charge in [0, 0.05) is 26.1 Å². The Balaban J connectivity index is 2.24. The number of hydrogen-bond acceptors (Lipinski definition) is 4. The molecule has 1 atom stereocenters. The van der Waals surface area contributed by atoms with E-state index in [0.717, 1.165) is 39.9 Å². The number of anilines is 1. The van der Waals surface area contributed by atoms with Gasteiger partial charge in [0.1, 0.15) is 6.04 Å². The van der Waals surface area contributed by atoms with Gasteiger partial charge in [-0.1, -0.05) is 42.8 Å². The molecule has 0 aliphatic carbocycles. The minimum absolute atomic E-state index is 0.0539. The lowest BCUT2D eigenvalue weighted by Crippen LogP contribution is -2.49. The zero-order valence-corrected chi connectivity index (χ0v) is 22.3. The van der Waals surface area contributed by atoms with Gasteiger partial charge >= 0.3 is 6.18 Å². The third kappa shape index (κ3) is 8.77. The second kappa shape index (κ2) is 12.9. The average Bonchev–Trinajstić information content (AvgIpc) is 2.80. The summed E-state index contributed by atoms with van der Waals surface area (Å²) >= 11 is 0. The van der Waals surface area contributed by atoms with E-state index < -0.39 is 27.8 Å². The number of likely N-dealkylation sites (N-methyl/N-ethyl adjacent to an activating group) is 1. The predicted molar refractivity (Wildman–Crippen MR) is 137 cm³/mol. The fourth-order valence-electron chi connectivity index (χ4n) is 4.06. The molecule has 0 bridgehead atoms.